The first-order chi connectivity index (χ1) is 8.78. The van der Waals surface area contributed by atoms with Gasteiger partial charge in [0.2, 0.25) is 0 Å². The second-order valence-corrected chi connectivity index (χ2v) is 6.91. The van der Waals surface area contributed by atoms with Crippen molar-refractivity contribution >= 4 is 16.9 Å². The molecule has 1 aliphatic heterocycles. The van der Waals surface area contributed by atoms with Crippen LogP contribution in [0, 0.1) is 5.41 Å². The lowest BCUT2D eigenvalue weighted by Gasteiger charge is -2.34. The SMILES string of the molecule is CCC1(CC)CN=C(NC2CCCCCC2)SC1. The Balaban J connectivity index is 1.85. The lowest BCUT2D eigenvalue weighted by atomic mass is 9.84. The van der Waals surface area contributed by atoms with E-state index in [1.165, 1.54) is 62.3 Å². The Kier molecular flexibility index (Phi) is 5.40. The third kappa shape index (κ3) is 3.66. The Morgan fingerprint density at radius 2 is 1.83 bits per heavy atom. The maximum Gasteiger partial charge on any atom is 0.156 e. The van der Waals surface area contributed by atoms with E-state index in [4.69, 9.17) is 4.99 Å². The lowest BCUT2D eigenvalue weighted by Crippen LogP contribution is -2.38. The molecule has 1 N–H and O–H groups in total. The van der Waals surface area contributed by atoms with Crippen molar-refractivity contribution in [1.82, 2.24) is 5.32 Å². The standard InChI is InChI=1S/C15H28N2S/c1-3-15(4-2)11-16-14(18-12-15)17-13-9-7-5-6-8-10-13/h13H,3-12H2,1-2H3,(H,16,17). The van der Waals surface area contributed by atoms with E-state index in [0.717, 1.165) is 6.54 Å². The first-order valence-corrected chi connectivity index (χ1v) is 8.70. The maximum atomic E-state index is 4.82. The Hall–Kier alpha value is -0.180. The summed E-state index contributed by atoms with van der Waals surface area (Å²) in [5.74, 6) is 1.25. The summed E-state index contributed by atoms with van der Waals surface area (Å²) in [5.41, 5.74) is 0.472. The van der Waals surface area contributed by atoms with Gasteiger partial charge in [-0.3, -0.25) is 4.99 Å². The van der Waals surface area contributed by atoms with E-state index in [1.807, 2.05) is 11.8 Å². The molecule has 0 aromatic carbocycles. The van der Waals surface area contributed by atoms with Crippen molar-refractivity contribution < 1.29 is 0 Å². The Morgan fingerprint density at radius 3 is 2.33 bits per heavy atom. The summed E-state index contributed by atoms with van der Waals surface area (Å²) in [4.78, 5) is 4.82. The molecule has 104 valence electrons. The van der Waals surface area contributed by atoms with E-state index >= 15 is 0 Å². The zero-order chi connectivity index (χ0) is 12.8. The summed E-state index contributed by atoms with van der Waals surface area (Å²) in [6.45, 7) is 5.65. The van der Waals surface area contributed by atoms with Crippen LogP contribution in [0.4, 0.5) is 0 Å². The molecular weight excluding hydrogens is 240 g/mol. The largest absolute Gasteiger partial charge is 0.362 e. The molecule has 0 spiro atoms. The van der Waals surface area contributed by atoms with Crippen LogP contribution in [-0.4, -0.2) is 23.5 Å². The number of hydrogen-bond donors (Lipinski definition) is 1. The maximum absolute atomic E-state index is 4.82. The molecule has 0 radical (unpaired) electrons. The summed E-state index contributed by atoms with van der Waals surface area (Å²) >= 11 is 1.96. The van der Waals surface area contributed by atoms with Crippen molar-refractivity contribution in [1.29, 1.82) is 0 Å². The first kappa shape index (κ1) is 14.2. The number of nitrogens with one attached hydrogen (secondary N) is 1. The highest BCUT2D eigenvalue weighted by molar-refractivity contribution is 8.13. The zero-order valence-electron chi connectivity index (χ0n) is 12.0. The number of thioether (sulfide) groups is 1. The average Bonchev–Trinajstić information content (AvgIpc) is 2.69. The van der Waals surface area contributed by atoms with Crippen LogP contribution in [0.5, 0.6) is 0 Å². The predicted octanol–water partition coefficient (Wildman–Crippen LogP) is 4.21. The van der Waals surface area contributed by atoms with Crippen LogP contribution >= 0.6 is 11.8 Å². The molecule has 0 aromatic rings. The zero-order valence-corrected chi connectivity index (χ0v) is 12.8. The molecule has 2 nitrogen and oxygen atoms in total. The van der Waals surface area contributed by atoms with Crippen LogP contribution in [0.15, 0.2) is 4.99 Å². The van der Waals surface area contributed by atoms with Gasteiger partial charge in [-0.05, 0) is 31.1 Å². The second-order valence-electron chi connectivity index (χ2n) is 5.95. The monoisotopic (exact) mass is 268 g/mol. The van der Waals surface area contributed by atoms with E-state index in [9.17, 15) is 0 Å². The summed E-state index contributed by atoms with van der Waals surface area (Å²) in [7, 11) is 0. The molecule has 0 saturated heterocycles. The summed E-state index contributed by atoms with van der Waals surface area (Å²) in [6, 6.07) is 0.689. The fraction of sp³-hybridized carbons (Fsp3) is 0.933. The molecule has 2 aliphatic rings. The Bertz CT molecular complexity index is 276. The Labute approximate surface area is 116 Å². The minimum Gasteiger partial charge on any atom is -0.362 e. The quantitative estimate of drug-likeness (QED) is 0.775. The molecule has 0 unspecified atom stereocenters. The van der Waals surface area contributed by atoms with Crippen molar-refractivity contribution in [3.8, 4) is 0 Å². The van der Waals surface area contributed by atoms with Gasteiger partial charge in [-0.25, -0.2) is 0 Å². The van der Waals surface area contributed by atoms with Gasteiger partial charge in [0, 0.05) is 18.3 Å². The molecule has 0 amide bonds. The van der Waals surface area contributed by atoms with Crippen LogP contribution < -0.4 is 5.32 Å². The molecule has 1 fully saturated rings. The highest BCUT2D eigenvalue weighted by atomic mass is 32.2. The summed E-state index contributed by atoms with van der Waals surface area (Å²) in [6.07, 6.45) is 10.8. The van der Waals surface area contributed by atoms with Gasteiger partial charge < -0.3 is 5.32 Å². The van der Waals surface area contributed by atoms with Crippen molar-refractivity contribution in [2.24, 2.45) is 10.4 Å². The molecular formula is C15H28N2S. The molecule has 0 aromatic heterocycles. The van der Waals surface area contributed by atoms with Crippen molar-refractivity contribution in [2.75, 3.05) is 12.3 Å². The fourth-order valence-electron chi connectivity index (χ4n) is 2.92. The molecule has 2 rings (SSSR count). The fourth-order valence-corrected chi connectivity index (χ4v) is 4.26. The van der Waals surface area contributed by atoms with E-state index < -0.39 is 0 Å². The summed E-state index contributed by atoms with van der Waals surface area (Å²) in [5, 5.41) is 4.92. The number of hydrogen-bond acceptors (Lipinski definition) is 3. The lowest BCUT2D eigenvalue weighted by molar-refractivity contribution is 0.317. The molecule has 1 saturated carbocycles. The van der Waals surface area contributed by atoms with Crippen molar-refractivity contribution in [3.63, 3.8) is 0 Å². The van der Waals surface area contributed by atoms with E-state index in [0.29, 0.717) is 11.5 Å². The van der Waals surface area contributed by atoms with E-state index in [-0.39, 0.29) is 0 Å². The smallest absolute Gasteiger partial charge is 0.156 e. The highest BCUT2D eigenvalue weighted by Crippen LogP contribution is 2.35. The van der Waals surface area contributed by atoms with Gasteiger partial charge in [-0.1, -0.05) is 51.3 Å². The number of aliphatic imine (C=N–C) groups is 1. The van der Waals surface area contributed by atoms with Gasteiger partial charge in [0.1, 0.15) is 0 Å². The van der Waals surface area contributed by atoms with Crippen LogP contribution in [0.1, 0.15) is 65.2 Å². The minimum absolute atomic E-state index is 0.472. The van der Waals surface area contributed by atoms with E-state index in [1.54, 1.807) is 0 Å². The number of amidine groups is 1. The second kappa shape index (κ2) is 6.83. The molecule has 1 aliphatic carbocycles. The topological polar surface area (TPSA) is 24.4 Å². The third-order valence-electron chi connectivity index (χ3n) is 4.76. The average molecular weight is 268 g/mol. The third-order valence-corrected chi connectivity index (χ3v) is 6.03. The van der Waals surface area contributed by atoms with Gasteiger partial charge in [0.25, 0.3) is 0 Å². The molecule has 0 atom stereocenters. The first-order valence-electron chi connectivity index (χ1n) is 7.72. The highest BCUT2D eigenvalue weighted by Gasteiger charge is 2.30. The van der Waals surface area contributed by atoms with Crippen LogP contribution in [0.25, 0.3) is 0 Å². The van der Waals surface area contributed by atoms with Gasteiger partial charge in [-0.15, -0.1) is 0 Å². The minimum atomic E-state index is 0.472. The predicted molar refractivity (Wildman–Crippen MR) is 82.4 cm³/mol. The molecule has 1 heterocycles. The van der Waals surface area contributed by atoms with Crippen molar-refractivity contribution in [3.05, 3.63) is 0 Å². The summed E-state index contributed by atoms with van der Waals surface area (Å²) < 4.78 is 0. The van der Waals surface area contributed by atoms with Crippen LogP contribution in [-0.2, 0) is 0 Å². The number of rotatable bonds is 3. The van der Waals surface area contributed by atoms with E-state index in [2.05, 4.69) is 19.2 Å². The Morgan fingerprint density at radius 1 is 1.17 bits per heavy atom. The molecule has 3 heteroatoms. The van der Waals surface area contributed by atoms with Gasteiger partial charge in [0.15, 0.2) is 5.17 Å². The van der Waals surface area contributed by atoms with Gasteiger partial charge in [0.05, 0.1) is 0 Å². The number of nitrogens with zero attached hydrogens (tertiary/aromatic N) is 1. The molecule has 0 bridgehead atoms. The van der Waals surface area contributed by atoms with Crippen LogP contribution in [0.3, 0.4) is 0 Å². The molecule has 18 heavy (non-hydrogen) atoms. The van der Waals surface area contributed by atoms with Gasteiger partial charge >= 0.3 is 0 Å². The van der Waals surface area contributed by atoms with Gasteiger partial charge in [-0.2, -0.15) is 0 Å². The van der Waals surface area contributed by atoms with Crippen molar-refractivity contribution in [2.45, 2.75) is 71.3 Å². The normalized spacial score (nSPS) is 25.3. The van der Waals surface area contributed by atoms with Crippen LogP contribution in [0.2, 0.25) is 0 Å².